The molecule has 1 atom stereocenters. The van der Waals surface area contributed by atoms with Gasteiger partial charge in [-0.15, -0.1) is 0 Å². The summed E-state index contributed by atoms with van der Waals surface area (Å²) in [5.74, 6) is 0. The summed E-state index contributed by atoms with van der Waals surface area (Å²) in [5, 5.41) is 3.60. The van der Waals surface area contributed by atoms with Gasteiger partial charge in [-0.25, -0.2) is 0 Å². The first-order valence-corrected chi connectivity index (χ1v) is 7.14. The van der Waals surface area contributed by atoms with Crippen molar-refractivity contribution in [1.82, 2.24) is 5.32 Å². The minimum Gasteiger partial charge on any atom is -0.310 e. The molecule has 1 rings (SSSR count). The maximum Gasteiger partial charge on any atom is 0.0320 e. The maximum absolute atomic E-state index is 3.60. The van der Waals surface area contributed by atoms with Crippen molar-refractivity contribution in [1.29, 1.82) is 0 Å². The van der Waals surface area contributed by atoms with Gasteiger partial charge in [0.05, 0.1) is 0 Å². The number of rotatable bonds is 8. The Morgan fingerprint density at radius 1 is 1.12 bits per heavy atom. The summed E-state index contributed by atoms with van der Waals surface area (Å²) in [5.41, 5.74) is 2.94. The standard InChI is InChI=1S/C16H27N/c1-4-7-12-16(17-6-3)15-11-8-10-14(13-15)9-5-2/h8,10-11,13,16-17H,4-7,9,12H2,1-3H3. The fraction of sp³-hybridized carbons (Fsp3) is 0.625. The highest BCUT2D eigenvalue weighted by Gasteiger charge is 2.09. The molecule has 0 amide bonds. The number of benzene rings is 1. The molecule has 0 fully saturated rings. The van der Waals surface area contributed by atoms with Gasteiger partial charge in [0.1, 0.15) is 0 Å². The molecule has 0 bridgehead atoms. The van der Waals surface area contributed by atoms with Crippen LogP contribution in [0.2, 0.25) is 0 Å². The summed E-state index contributed by atoms with van der Waals surface area (Å²) in [6.07, 6.45) is 6.25. The molecule has 0 saturated heterocycles. The molecular formula is C16H27N. The molecule has 0 radical (unpaired) electrons. The minimum atomic E-state index is 0.539. The van der Waals surface area contributed by atoms with Crippen LogP contribution in [-0.4, -0.2) is 6.54 Å². The van der Waals surface area contributed by atoms with Gasteiger partial charge in [-0.1, -0.05) is 64.3 Å². The quantitative estimate of drug-likeness (QED) is 0.698. The molecular weight excluding hydrogens is 206 g/mol. The Labute approximate surface area is 107 Å². The van der Waals surface area contributed by atoms with Crippen LogP contribution in [0.4, 0.5) is 0 Å². The van der Waals surface area contributed by atoms with E-state index in [1.807, 2.05) is 0 Å². The van der Waals surface area contributed by atoms with E-state index in [-0.39, 0.29) is 0 Å². The lowest BCUT2D eigenvalue weighted by Gasteiger charge is -2.19. The Balaban J connectivity index is 2.73. The fourth-order valence-corrected chi connectivity index (χ4v) is 2.30. The van der Waals surface area contributed by atoms with Crippen molar-refractivity contribution < 1.29 is 0 Å². The van der Waals surface area contributed by atoms with Gasteiger partial charge in [0.25, 0.3) is 0 Å². The first-order valence-electron chi connectivity index (χ1n) is 7.14. The van der Waals surface area contributed by atoms with E-state index in [0.717, 1.165) is 6.54 Å². The molecule has 0 aromatic heterocycles. The smallest absolute Gasteiger partial charge is 0.0320 e. The van der Waals surface area contributed by atoms with E-state index < -0.39 is 0 Å². The SMILES string of the molecule is CCCCC(NCC)c1cccc(CCC)c1. The summed E-state index contributed by atoms with van der Waals surface area (Å²) in [6, 6.07) is 9.64. The molecule has 0 saturated carbocycles. The van der Waals surface area contributed by atoms with Crippen molar-refractivity contribution in [3.63, 3.8) is 0 Å². The van der Waals surface area contributed by atoms with Crippen molar-refractivity contribution in [2.24, 2.45) is 0 Å². The van der Waals surface area contributed by atoms with Crippen LogP contribution in [0.5, 0.6) is 0 Å². The second kappa shape index (κ2) is 8.30. The summed E-state index contributed by atoms with van der Waals surface area (Å²) < 4.78 is 0. The lowest BCUT2D eigenvalue weighted by Crippen LogP contribution is -2.20. The summed E-state index contributed by atoms with van der Waals surface area (Å²) in [6.45, 7) is 7.74. The van der Waals surface area contributed by atoms with Gasteiger partial charge in [-0.3, -0.25) is 0 Å². The van der Waals surface area contributed by atoms with E-state index in [1.54, 1.807) is 0 Å². The number of aryl methyl sites for hydroxylation is 1. The van der Waals surface area contributed by atoms with Crippen LogP contribution in [0.25, 0.3) is 0 Å². The third-order valence-corrected chi connectivity index (χ3v) is 3.19. The molecule has 1 unspecified atom stereocenters. The molecule has 0 aliphatic heterocycles. The van der Waals surface area contributed by atoms with Crippen LogP contribution in [0.3, 0.4) is 0 Å². The summed E-state index contributed by atoms with van der Waals surface area (Å²) in [4.78, 5) is 0. The monoisotopic (exact) mass is 233 g/mol. The van der Waals surface area contributed by atoms with Gasteiger partial charge in [0.15, 0.2) is 0 Å². The fourth-order valence-electron chi connectivity index (χ4n) is 2.30. The summed E-state index contributed by atoms with van der Waals surface area (Å²) in [7, 11) is 0. The van der Waals surface area contributed by atoms with Crippen LogP contribution >= 0.6 is 0 Å². The minimum absolute atomic E-state index is 0.539. The van der Waals surface area contributed by atoms with E-state index in [0.29, 0.717) is 6.04 Å². The first-order chi connectivity index (χ1) is 8.31. The lowest BCUT2D eigenvalue weighted by atomic mass is 9.98. The lowest BCUT2D eigenvalue weighted by molar-refractivity contribution is 0.494. The van der Waals surface area contributed by atoms with Crippen LogP contribution < -0.4 is 5.32 Å². The normalized spacial score (nSPS) is 12.6. The first kappa shape index (κ1) is 14.2. The molecule has 0 heterocycles. The van der Waals surface area contributed by atoms with E-state index in [4.69, 9.17) is 0 Å². The van der Waals surface area contributed by atoms with Crippen LogP contribution in [0.15, 0.2) is 24.3 Å². The zero-order chi connectivity index (χ0) is 12.5. The van der Waals surface area contributed by atoms with Gasteiger partial charge in [0.2, 0.25) is 0 Å². The van der Waals surface area contributed by atoms with E-state index in [9.17, 15) is 0 Å². The van der Waals surface area contributed by atoms with Gasteiger partial charge in [-0.05, 0) is 30.5 Å². The van der Waals surface area contributed by atoms with Crippen molar-refractivity contribution in [2.75, 3.05) is 6.54 Å². The Bertz CT molecular complexity index is 306. The molecule has 1 N–H and O–H groups in total. The van der Waals surface area contributed by atoms with Crippen LogP contribution in [-0.2, 0) is 6.42 Å². The van der Waals surface area contributed by atoms with Crippen molar-refractivity contribution in [3.8, 4) is 0 Å². The molecule has 1 nitrogen and oxygen atoms in total. The third-order valence-electron chi connectivity index (χ3n) is 3.19. The van der Waals surface area contributed by atoms with Crippen molar-refractivity contribution in [3.05, 3.63) is 35.4 Å². The number of hydrogen-bond donors (Lipinski definition) is 1. The van der Waals surface area contributed by atoms with Gasteiger partial charge in [0, 0.05) is 6.04 Å². The second-order valence-electron chi connectivity index (χ2n) is 4.75. The van der Waals surface area contributed by atoms with Crippen molar-refractivity contribution >= 4 is 0 Å². The van der Waals surface area contributed by atoms with Crippen LogP contribution in [0, 0.1) is 0 Å². The van der Waals surface area contributed by atoms with E-state index in [1.165, 1.54) is 43.2 Å². The number of hydrogen-bond acceptors (Lipinski definition) is 1. The van der Waals surface area contributed by atoms with Gasteiger partial charge in [-0.2, -0.15) is 0 Å². The highest BCUT2D eigenvalue weighted by atomic mass is 14.9. The highest BCUT2D eigenvalue weighted by molar-refractivity contribution is 5.26. The number of unbranched alkanes of at least 4 members (excludes halogenated alkanes) is 1. The Hall–Kier alpha value is -0.820. The zero-order valence-electron chi connectivity index (χ0n) is 11.6. The molecule has 1 aromatic rings. The average molecular weight is 233 g/mol. The molecule has 0 spiro atoms. The molecule has 0 aliphatic rings. The predicted molar refractivity (Wildman–Crippen MR) is 76.4 cm³/mol. The van der Waals surface area contributed by atoms with E-state index in [2.05, 4.69) is 50.4 Å². The molecule has 1 aromatic carbocycles. The Kier molecular flexibility index (Phi) is 6.95. The number of nitrogens with one attached hydrogen (secondary N) is 1. The molecule has 17 heavy (non-hydrogen) atoms. The average Bonchev–Trinajstić information content (AvgIpc) is 2.35. The van der Waals surface area contributed by atoms with Crippen LogP contribution in [0.1, 0.15) is 63.6 Å². The maximum atomic E-state index is 3.60. The topological polar surface area (TPSA) is 12.0 Å². The van der Waals surface area contributed by atoms with Gasteiger partial charge >= 0.3 is 0 Å². The highest BCUT2D eigenvalue weighted by Crippen LogP contribution is 2.21. The van der Waals surface area contributed by atoms with Crippen molar-refractivity contribution in [2.45, 2.75) is 58.9 Å². The van der Waals surface area contributed by atoms with Gasteiger partial charge < -0.3 is 5.32 Å². The summed E-state index contributed by atoms with van der Waals surface area (Å²) >= 11 is 0. The molecule has 1 heteroatoms. The Morgan fingerprint density at radius 3 is 2.59 bits per heavy atom. The van der Waals surface area contributed by atoms with E-state index >= 15 is 0 Å². The second-order valence-corrected chi connectivity index (χ2v) is 4.75. The molecule has 0 aliphatic carbocycles. The molecule has 96 valence electrons. The third kappa shape index (κ3) is 4.91. The predicted octanol–water partition coefficient (Wildman–Crippen LogP) is 4.48. The largest absolute Gasteiger partial charge is 0.310 e. The zero-order valence-corrected chi connectivity index (χ0v) is 11.6. The Morgan fingerprint density at radius 2 is 1.94 bits per heavy atom.